The van der Waals surface area contributed by atoms with E-state index in [1.807, 2.05) is 13.8 Å². The van der Waals surface area contributed by atoms with Crippen LogP contribution in [0, 0.1) is 0 Å². The molecular formula is C14H30N2O2. The van der Waals surface area contributed by atoms with Crippen molar-refractivity contribution in [1.82, 2.24) is 10.2 Å². The van der Waals surface area contributed by atoms with Gasteiger partial charge in [0.05, 0.1) is 0 Å². The molecule has 0 fully saturated rings. The van der Waals surface area contributed by atoms with Crippen LogP contribution in [0.4, 0.5) is 0 Å². The summed E-state index contributed by atoms with van der Waals surface area (Å²) < 4.78 is 0. The molecular weight excluding hydrogens is 228 g/mol. The molecule has 0 spiro atoms. The van der Waals surface area contributed by atoms with Crippen molar-refractivity contribution in [3.63, 3.8) is 0 Å². The highest BCUT2D eigenvalue weighted by atomic mass is 16.4. The largest absolute Gasteiger partial charge is 0.480 e. The Morgan fingerprint density at radius 2 is 1.72 bits per heavy atom. The Bertz CT molecular complexity index is 238. The van der Waals surface area contributed by atoms with E-state index in [1.54, 1.807) is 6.92 Å². The second-order valence-corrected chi connectivity index (χ2v) is 5.53. The number of rotatable bonds is 10. The van der Waals surface area contributed by atoms with E-state index in [1.165, 1.54) is 0 Å². The molecule has 0 aliphatic rings. The van der Waals surface area contributed by atoms with Crippen molar-refractivity contribution < 1.29 is 9.90 Å². The quantitative estimate of drug-likeness (QED) is 0.631. The Morgan fingerprint density at radius 3 is 2.06 bits per heavy atom. The van der Waals surface area contributed by atoms with Crippen LogP contribution in [0.2, 0.25) is 0 Å². The van der Waals surface area contributed by atoms with Crippen LogP contribution < -0.4 is 5.32 Å². The minimum atomic E-state index is -0.825. The van der Waals surface area contributed by atoms with Crippen molar-refractivity contribution in [3.05, 3.63) is 0 Å². The molecule has 4 heteroatoms. The molecule has 1 atom stereocenters. The molecule has 4 nitrogen and oxygen atoms in total. The minimum Gasteiger partial charge on any atom is -0.480 e. The van der Waals surface area contributed by atoms with Gasteiger partial charge in [-0.1, -0.05) is 13.8 Å². The molecule has 0 saturated heterocycles. The predicted octanol–water partition coefficient (Wildman–Crippen LogP) is 2.34. The summed E-state index contributed by atoms with van der Waals surface area (Å²) in [5.41, 5.74) is -0.825. The van der Waals surface area contributed by atoms with Crippen LogP contribution in [0.25, 0.3) is 0 Å². The maximum Gasteiger partial charge on any atom is 0.323 e. The van der Waals surface area contributed by atoms with Crippen LogP contribution in [0.15, 0.2) is 0 Å². The second kappa shape index (κ2) is 8.48. The van der Waals surface area contributed by atoms with E-state index in [-0.39, 0.29) is 6.04 Å². The fourth-order valence-corrected chi connectivity index (χ4v) is 2.23. The van der Waals surface area contributed by atoms with Gasteiger partial charge < -0.3 is 10.0 Å². The Hall–Kier alpha value is -0.610. The lowest BCUT2D eigenvalue weighted by Gasteiger charge is -2.31. The summed E-state index contributed by atoms with van der Waals surface area (Å²) in [6.07, 6.45) is 2.86. The van der Waals surface area contributed by atoms with Crippen molar-refractivity contribution in [2.75, 3.05) is 19.6 Å². The van der Waals surface area contributed by atoms with Crippen molar-refractivity contribution in [3.8, 4) is 0 Å². The van der Waals surface area contributed by atoms with E-state index < -0.39 is 11.5 Å². The highest BCUT2D eigenvalue weighted by molar-refractivity contribution is 5.78. The molecule has 0 aromatic rings. The number of carboxylic acid groups (broad SMARTS) is 1. The molecule has 0 bridgehead atoms. The predicted molar refractivity (Wildman–Crippen MR) is 76.0 cm³/mol. The average molecular weight is 258 g/mol. The van der Waals surface area contributed by atoms with Crippen molar-refractivity contribution >= 4 is 5.97 Å². The molecule has 2 N–H and O–H groups in total. The van der Waals surface area contributed by atoms with Crippen LogP contribution >= 0.6 is 0 Å². The first kappa shape index (κ1) is 17.4. The standard InChI is InChI=1S/C14H30N2O2/c1-6-9-16(10-7-2)11-8-14(5,13(17)18)15-12(3)4/h12,15H,6-11H2,1-5H3,(H,17,18). The second-order valence-electron chi connectivity index (χ2n) is 5.53. The van der Waals surface area contributed by atoms with Gasteiger partial charge in [0.15, 0.2) is 0 Å². The SMILES string of the molecule is CCCN(CCC)CCC(C)(NC(C)C)C(=O)O. The molecule has 0 heterocycles. The van der Waals surface area contributed by atoms with Gasteiger partial charge in [0, 0.05) is 12.6 Å². The lowest BCUT2D eigenvalue weighted by molar-refractivity contribution is -0.145. The summed E-state index contributed by atoms with van der Waals surface area (Å²) >= 11 is 0. The summed E-state index contributed by atoms with van der Waals surface area (Å²) in [6, 6.07) is 0.178. The van der Waals surface area contributed by atoms with E-state index in [2.05, 4.69) is 24.1 Å². The Balaban J connectivity index is 4.44. The summed E-state index contributed by atoms with van der Waals surface area (Å²) in [6.45, 7) is 13.0. The molecule has 0 radical (unpaired) electrons. The van der Waals surface area contributed by atoms with E-state index in [0.29, 0.717) is 6.42 Å². The number of nitrogens with zero attached hydrogens (tertiary/aromatic N) is 1. The normalized spacial score (nSPS) is 15.1. The zero-order chi connectivity index (χ0) is 14.2. The molecule has 0 aromatic heterocycles. The smallest absolute Gasteiger partial charge is 0.323 e. The Labute approximate surface area is 112 Å². The van der Waals surface area contributed by atoms with E-state index in [9.17, 15) is 9.90 Å². The molecule has 1 unspecified atom stereocenters. The number of hydrogen-bond donors (Lipinski definition) is 2. The van der Waals surface area contributed by atoms with Crippen LogP contribution in [0.1, 0.15) is 53.9 Å². The van der Waals surface area contributed by atoms with Gasteiger partial charge in [-0.25, -0.2) is 0 Å². The van der Waals surface area contributed by atoms with Crippen molar-refractivity contribution in [1.29, 1.82) is 0 Å². The lowest BCUT2D eigenvalue weighted by atomic mass is 9.96. The maximum atomic E-state index is 11.4. The van der Waals surface area contributed by atoms with Crippen LogP contribution in [-0.2, 0) is 4.79 Å². The van der Waals surface area contributed by atoms with Gasteiger partial charge in [-0.15, -0.1) is 0 Å². The summed E-state index contributed by atoms with van der Waals surface area (Å²) in [5, 5.41) is 12.5. The molecule has 0 aromatic carbocycles. The van der Waals surface area contributed by atoms with Gasteiger partial charge in [0.1, 0.15) is 5.54 Å². The van der Waals surface area contributed by atoms with Gasteiger partial charge in [0.2, 0.25) is 0 Å². The van der Waals surface area contributed by atoms with Gasteiger partial charge in [0.25, 0.3) is 0 Å². The molecule has 0 rings (SSSR count). The first-order valence-corrected chi connectivity index (χ1v) is 7.09. The molecule has 0 saturated carbocycles. The minimum absolute atomic E-state index is 0.178. The summed E-state index contributed by atoms with van der Waals surface area (Å²) in [7, 11) is 0. The third-order valence-electron chi connectivity index (χ3n) is 3.09. The maximum absolute atomic E-state index is 11.4. The topological polar surface area (TPSA) is 52.6 Å². The molecule has 0 aliphatic carbocycles. The van der Waals surface area contributed by atoms with Crippen molar-refractivity contribution in [2.24, 2.45) is 0 Å². The number of nitrogens with one attached hydrogen (secondary N) is 1. The van der Waals surface area contributed by atoms with Gasteiger partial charge in [-0.05, 0) is 53.1 Å². The zero-order valence-corrected chi connectivity index (χ0v) is 12.6. The Kier molecular flexibility index (Phi) is 8.20. The average Bonchev–Trinajstić information content (AvgIpc) is 2.25. The molecule has 0 amide bonds. The fraction of sp³-hybridized carbons (Fsp3) is 0.929. The first-order valence-electron chi connectivity index (χ1n) is 7.09. The Morgan fingerprint density at radius 1 is 1.22 bits per heavy atom. The van der Waals surface area contributed by atoms with Crippen molar-refractivity contribution in [2.45, 2.75) is 65.5 Å². The number of hydrogen-bond acceptors (Lipinski definition) is 3. The molecule has 0 aliphatic heterocycles. The van der Waals surface area contributed by atoms with E-state index in [0.717, 1.165) is 32.5 Å². The third kappa shape index (κ3) is 6.36. The van der Waals surface area contributed by atoms with E-state index >= 15 is 0 Å². The van der Waals surface area contributed by atoms with Gasteiger partial charge in [-0.3, -0.25) is 10.1 Å². The highest BCUT2D eigenvalue weighted by Gasteiger charge is 2.33. The summed E-state index contributed by atoms with van der Waals surface area (Å²) in [4.78, 5) is 13.8. The van der Waals surface area contributed by atoms with Gasteiger partial charge in [-0.2, -0.15) is 0 Å². The fourth-order valence-electron chi connectivity index (χ4n) is 2.23. The van der Waals surface area contributed by atoms with Crippen LogP contribution in [-0.4, -0.2) is 47.2 Å². The zero-order valence-electron chi connectivity index (χ0n) is 12.6. The number of carbonyl (C=O) groups is 1. The van der Waals surface area contributed by atoms with E-state index in [4.69, 9.17) is 0 Å². The first-order chi connectivity index (χ1) is 8.35. The molecule has 108 valence electrons. The van der Waals surface area contributed by atoms with Crippen LogP contribution in [0.5, 0.6) is 0 Å². The highest BCUT2D eigenvalue weighted by Crippen LogP contribution is 2.13. The number of carboxylic acids is 1. The lowest BCUT2D eigenvalue weighted by Crippen LogP contribution is -2.54. The summed E-state index contributed by atoms with van der Waals surface area (Å²) in [5.74, 6) is -0.760. The van der Waals surface area contributed by atoms with Crippen LogP contribution in [0.3, 0.4) is 0 Å². The molecule has 18 heavy (non-hydrogen) atoms. The third-order valence-corrected chi connectivity index (χ3v) is 3.09. The monoisotopic (exact) mass is 258 g/mol. The van der Waals surface area contributed by atoms with Gasteiger partial charge >= 0.3 is 5.97 Å². The number of aliphatic carboxylic acids is 1.